The average Bonchev–Trinajstić information content (AvgIpc) is 3.02. The number of phenolic OH excluding ortho intramolecular Hbond substituents is 2. The van der Waals surface area contributed by atoms with Crippen molar-refractivity contribution in [3.05, 3.63) is 5.56 Å². The van der Waals surface area contributed by atoms with Gasteiger partial charge in [-0.15, -0.1) is 0 Å². The molecule has 2 aliphatic heterocycles. The van der Waals surface area contributed by atoms with Gasteiger partial charge in [0.05, 0.1) is 6.61 Å². The van der Waals surface area contributed by atoms with Crippen molar-refractivity contribution in [1.82, 2.24) is 5.32 Å². The maximum absolute atomic E-state index is 10.2. The van der Waals surface area contributed by atoms with E-state index in [0.717, 1.165) is 25.8 Å². The van der Waals surface area contributed by atoms with Crippen LogP contribution in [-0.2, 0) is 5.41 Å². The molecule has 0 spiro atoms. The van der Waals surface area contributed by atoms with Gasteiger partial charge in [0.1, 0.15) is 27.2 Å². The molecule has 1 saturated heterocycles. The van der Waals surface area contributed by atoms with Gasteiger partial charge in [-0.3, -0.25) is 0 Å². The summed E-state index contributed by atoms with van der Waals surface area (Å²) in [5.74, 6) is -0.139. The summed E-state index contributed by atoms with van der Waals surface area (Å²) in [7, 11) is 11.6. The van der Waals surface area contributed by atoms with Crippen molar-refractivity contribution in [3.63, 3.8) is 0 Å². The topological polar surface area (TPSA) is 61.7 Å². The van der Waals surface area contributed by atoms with Crippen LogP contribution in [0.3, 0.4) is 0 Å². The Morgan fingerprint density at radius 2 is 2.05 bits per heavy atom. The fourth-order valence-corrected chi connectivity index (χ4v) is 3.39. The maximum Gasteiger partial charge on any atom is 0.164 e. The lowest BCUT2D eigenvalue weighted by molar-refractivity contribution is 0.252. The number of hydrogen-bond donors (Lipinski definition) is 3. The van der Waals surface area contributed by atoms with Gasteiger partial charge in [-0.25, -0.2) is 0 Å². The fourth-order valence-electron chi connectivity index (χ4n) is 3.39. The minimum Gasteiger partial charge on any atom is -0.505 e. The molecule has 102 valence electrons. The van der Waals surface area contributed by atoms with Gasteiger partial charge >= 0.3 is 0 Å². The van der Waals surface area contributed by atoms with E-state index in [1.807, 2.05) is 6.92 Å². The Bertz CT molecular complexity index is 558. The van der Waals surface area contributed by atoms with E-state index in [1.54, 1.807) is 0 Å². The van der Waals surface area contributed by atoms with Gasteiger partial charge in [0.15, 0.2) is 5.75 Å². The highest BCUT2D eigenvalue weighted by atomic mass is 16.5. The van der Waals surface area contributed by atoms with Crippen LogP contribution in [0.4, 0.5) is 0 Å². The molecule has 1 aromatic carbocycles. The van der Waals surface area contributed by atoms with E-state index in [1.165, 1.54) is 0 Å². The number of aromatic hydroxyl groups is 2. The molecule has 1 fully saturated rings. The van der Waals surface area contributed by atoms with E-state index in [9.17, 15) is 10.2 Å². The summed E-state index contributed by atoms with van der Waals surface area (Å²) in [6.07, 6.45) is 3.11. The first-order chi connectivity index (χ1) is 9.44. The van der Waals surface area contributed by atoms with E-state index in [4.69, 9.17) is 20.4 Å². The van der Waals surface area contributed by atoms with Crippen LogP contribution in [0.2, 0.25) is 0 Å². The van der Waals surface area contributed by atoms with Crippen molar-refractivity contribution < 1.29 is 14.9 Å². The van der Waals surface area contributed by atoms with Crippen molar-refractivity contribution in [1.29, 1.82) is 0 Å². The number of rotatable bonds is 2. The normalized spacial score (nSPS) is 28.4. The largest absolute Gasteiger partial charge is 0.505 e. The molecule has 3 rings (SSSR count). The van der Waals surface area contributed by atoms with Gasteiger partial charge in [-0.1, -0.05) is 17.8 Å². The molecule has 4 nitrogen and oxygen atoms in total. The Labute approximate surface area is 121 Å². The minimum absolute atomic E-state index is 0.0236. The predicted molar refractivity (Wildman–Crippen MR) is 79.0 cm³/mol. The lowest BCUT2D eigenvalue weighted by Crippen LogP contribution is -2.34. The maximum atomic E-state index is 10.2. The van der Waals surface area contributed by atoms with Crippen LogP contribution >= 0.6 is 0 Å². The van der Waals surface area contributed by atoms with Gasteiger partial charge < -0.3 is 20.3 Å². The molecule has 2 atom stereocenters. The molecule has 1 unspecified atom stereocenters. The number of nitrogens with one attached hydrogen (secondary N) is 1. The van der Waals surface area contributed by atoms with Crippen molar-refractivity contribution in [2.75, 3.05) is 13.2 Å². The molecule has 0 bridgehead atoms. The van der Waals surface area contributed by atoms with Crippen LogP contribution in [0.5, 0.6) is 17.2 Å². The Morgan fingerprint density at radius 1 is 1.30 bits per heavy atom. The quantitative estimate of drug-likeness (QED) is 0.499. The molecule has 0 aliphatic carbocycles. The van der Waals surface area contributed by atoms with Gasteiger partial charge in [-0.2, -0.15) is 0 Å². The second-order valence-corrected chi connectivity index (χ2v) is 6.08. The second-order valence-electron chi connectivity index (χ2n) is 6.08. The van der Waals surface area contributed by atoms with Crippen LogP contribution in [0.25, 0.3) is 0 Å². The average molecular weight is 269 g/mol. The highest BCUT2D eigenvalue weighted by Gasteiger charge is 2.43. The number of hydrogen-bond acceptors (Lipinski definition) is 4. The minimum atomic E-state index is -0.374. The summed E-state index contributed by atoms with van der Waals surface area (Å²) in [6, 6.07) is 0.398. The SMILES string of the molecule is [B]c1c([B])c2c(c(O)c1O)C(C)(C[C@H]1CCCN1)CO2. The number of phenols is 2. The van der Waals surface area contributed by atoms with Crippen molar-refractivity contribution in [2.45, 2.75) is 37.6 Å². The molecule has 3 N–H and O–H groups in total. The van der Waals surface area contributed by atoms with E-state index in [0.29, 0.717) is 24.0 Å². The third kappa shape index (κ3) is 1.89. The van der Waals surface area contributed by atoms with Crippen molar-refractivity contribution in [2.24, 2.45) is 0 Å². The molecule has 1 aromatic rings. The second kappa shape index (κ2) is 4.62. The van der Waals surface area contributed by atoms with E-state index >= 15 is 0 Å². The summed E-state index contributed by atoms with van der Waals surface area (Å²) in [6.45, 7) is 3.48. The van der Waals surface area contributed by atoms with Crippen LogP contribution in [0.1, 0.15) is 31.7 Å². The molecule has 2 aliphatic rings. The Hall–Kier alpha value is -1.29. The van der Waals surface area contributed by atoms with Crippen molar-refractivity contribution >= 4 is 26.6 Å². The van der Waals surface area contributed by atoms with E-state index in [2.05, 4.69) is 5.32 Å². The lowest BCUT2D eigenvalue weighted by Gasteiger charge is -2.27. The zero-order valence-corrected chi connectivity index (χ0v) is 11.6. The fraction of sp³-hybridized carbons (Fsp3) is 0.571. The highest BCUT2D eigenvalue weighted by molar-refractivity contribution is 6.51. The molecule has 2 heterocycles. The molecule has 0 saturated carbocycles. The van der Waals surface area contributed by atoms with Crippen LogP contribution in [-0.4, -0.2) is 45.1 Å². The first-order valence-electron chi connectivity index (χ1n) is 6.93. The first-order valence-corrected chi connectivity index (χ1v) is 6.93. The lowest BCUT2D eigenvalue weighted by atomic mass is 9.72. The summed E-state index contributed by atoms with van der Waals surface area (Å²) >= 11 is 0. The number of fused-ring (bicyclic) bond motifs is 1. The predicted octanol–water partition coefficient (Wildman–Crippen LogP) is -0.522. The monoisotopic (exact) mass is 269 g/mol. The molecule has 0 amide bonds. The van der Waals surface area contributed by atoms with E-state index < -0.39 is 0 Å². The molecular weight excluding hydrogens is 252 g/mol. The highest BCUT2D eigenvalue weighted by Crippen LogP contribution is 2.48. The van der Waals surface area contributed by atoms with E-state index in [-0.39, 0.29) is 27.8 Å². The summed E-state index contributed by atoms with van der Waals surface area (Å²) in [4.78, 5) is 0. The summed E-state index contributed by atoms with van der Waals surface area (Å²) in [5, 5.41) is 23.6. The molecule has 4 radical (unpaired) electrons. The first kappa shape index (κ1) is 13.7. The van der Waals surface area contributed by atoms with Crippen LogP contribution < -0.4 is 21.0 Å². The van der Waals surface area contributed by atoms with Gasteiger partial charge in [0.2, 0.25) is 0 Å². The summed E-state index contributed by atoms with van der Waals surface area (Å²) < 4.78 is 5.67. The Kier molecular flexibility index (Phi) is 3.16. The van der Waals surface area contributed by atoms with Crippen molar-refractivity contribution in [3.8, 4) is 17.2 Å². The molecule has 0 aromatic heterocycles. The zero-order valence-electron chi connectivity index (χ0n) is 11.6. The molecular formula is C14H17B2NO3. The third-order valence-electron chi connectivity index (χ3n) is 4.48. The third-order valence-corrected chi connectivity index (χ3v) is 4.48. The smallest absolute Gasteiger partial charge is 0.164 e. The van der Waals surface area contributed by atoms with Gasteiger partial charge in [0.25, 0.3) is 0 Å². The summed E-state index contributed by atoms with van der Waals surface area (Å²) in [5.41, 5.74) is 0.388. The zero-order chi connectivity index (χ0) is 14.5. The van der Waals surface area contributed by atoms with Crippen LogP contribution in [0, 0.1) is 0 Å². The molecule has 20 heavy (non-hydrogen) atoms. The number of ether oxygens (including phenoxy) is 1. The molecule has 6 heteroatoms. The standard InChI is InChI=1S/C14H17B2NO3/c1-14(5-7-3-2-4-17-7)6-20-13-8(14)11(18)12(19)9(15)10(13)16/h7,17-19H,2-6H2,1H3/t7-,14?/m1/s1. The van der Waals surface area contributed by atoms with Gasteiger partial charge in [0, 0.05) is 17.0 Å². The van der Waals surface area contributed by atoms with Gasteiger partial charge in [-0.05, 0) is 25.8 Å². The Morgan fingerprint density at radius 3 is 2.70 bits per heavy atom. The Balaban J connectivity index is 2.04. The number of benzene rings is 1. The van der Waals surface area contributed by atoms with Crippen LogP contribution in [0.15, 0.2) is 0 Å².